The highest BCUT2D eigenvalue weighted by Crippen LogP contribution is 2.30. The summed E-state index contributed by atoms with van der Waals surface area (Å²) in [5.74, 6) is 0. The molecule has 0 aliphatic carbocycles. The summed E-state index contributed by atoms with van der Waals surface area (Å²) in [5, 5.41) is 0. The van der Waals surface area contributed by atoms with Gasteiger partial charge in [0, 0.05) is 0 Å². The third-order valence-corrected chi connectivity index (χ3v) is 2.78. The molecule has 0 aliphatic rings. The summed E-state index contributed by atoms with van der Waals surface area (Å²) in [6.45, 7) is 4.09. The van der Waals surface area contributed by atoms with Crippen LogP contribution in [-0.4, -0.2) is 12.7 Å². The fraction of sp³-hybridized carbons (Fsp3) is 0.538. The smallest absolute Gasteiger partial charge is 0.377 e. The minimum atomic E-state index is -4.34. The first kappa shape index (κ1) is 15.0. The Morgan fingerprint density at radius 3 is 2.56 bits per heavy atom. The van der Waals surface area contributed by atoms with Crippen LogP contribution in [0.25, 0.3) is 0 Å². The minimum absolute atomic E-state index is 0.0573. The molecule has 0 saturated carbocycles. The monoisotopic (exact) mass is 261 g/mol. The molecule has 0 heterocycles. The topological polar surface area (TPSA) is 35.2 Å². The summed E-state index contributed by atoms with van der Waals surface area (Å²) >= 11 is 0. The molecule has 2 unspecified atom stereocenters. The van der Waals surface area contributed by atoms with Crippen LogP contribution in [0.1, 0.15) is 37.4 Å². The van der Waals surface area contributed by atoms with E-state index in [4.69, 9.17) is 10.5 Å². The maximum atomic E-state index is 12.5. The molecule has 0 bridgehead atoms. The lowest BCUT2D eigenvalue weighted by Crippen LogP contribution is -2.21. The lowest BCUT2D eigenvalue weighted by atomic mass is 10.0. The Kier molecular flexibility index (Phi) is 5.16. The molecule has 0 saturated heterocycles. The van der Waals surface area contributed by atoms with Crippen molar-refractivity contribution < 1.29 is 17.9 Å². The van der Waals surface area contributed by atoms with E-state index < -0.39 is 17.8 Å². The highest BCUT2D eigenvalue weighted by atomic mass is 19.4. The van der Waals surface area contributed by atoms with Crippen LogP contribution in [0.3, 0.4) is 0 Å². The van der Waals surface area contributed by atoms with Crippen LogP contribution in [0.4, 0.5) is 13.2 Å². The van der Waals surface area contributed by atoms with Crippen LogP contribution in [0.2, 0.25) is 0 Å². The zero-order chi connectivity index (χ0) is 13.8. The van der Waals surface area contributed by atoms with E-state index in [1.54, 1.807) is 6.07 Å². The standard InChI is InChI=1S/C13H18F3NO/c1-3-9(2)18-8-12(17)10-5-4-6-11(7-10)13(14,15)16/h4-7,9,12H,3,8,17H2,1-2H3. The highest BCUT2D eigenvalue weighted by Gasteiger charge is 2.30. The molecule has 2 atom stereocenters. The number of benzene rings is 1. The van der Waals surface area contributed by atoms with Crippen molar-refractivity contribution in [1.29, 1.82) is 0 Å². The van der Waals surface area contributed by atoms with Gasteiger partial charge in [-0.25, -0.2) is 0 Å². The molecule has 0 amide bonds. The average Bonchev–Trinajstić information content (AvgIpc) is 2.34. The van der Waals surface area contributed by atoms with Gasteiger partial charge in [0.25, 0.3) is 0 Å². The molecule has 1 rings (SSSR count). The third-order valence-electron chi connectivity index (χ3n) is 2.78. The van der Waals surface area contributed by atoms with Gasteiger partial charge < -0.3 is 10.5 Å². The second kappa shape index (κ2) is 6.20. The van der Waals surface area contributed by atoms with E-state index in [1.165, 1.54) is 6.07 Å². The maximum Gasteiger partial charge on any atom is 0.416 e. The van der Waals surface area contributed by atoms with Crippen molar-refractivity contribution in [3.8, 4) is 0 Å². The van der Waals surface area contributed by atoms with E-state index in [9.17, 15) is 13.2 Å². The first-order valence-corrected chi connectivity index (χ1v) is 5.89. The van der Waals surface area contributed by atoms with Crippen molar-refractivity contribution in [2.24, 2.45) is 5.73 Å². The van der Waals surface area contributed by atoms with E-state index >= 15 is 0 Å². The molecule has 1 aromatic carbocycles. The van der Waals surface area contributed by atoms with Crippen molar-refractivity contribution in [2.45, 2.75) is 38.6 Å². The molecule has 0 radical (unpaired) electrons. The van der Waals surface area contributed by atoms with Crippen LogP contribution >= 0.6 is 0 Å². The summed E-state index contributed by atoms with van der Waals surface area (Å²) in [5.41, 5.74) is 5.57. The molecule has 0 aromatic heterocycles. The predicted molar refractivity (Wildman–Crippen MR) is 64.1 cm³/mol. The molecular formula is C13H18F3NO. The molecule has 0 fully saturated rings. The van der Waals surface area contributed by atoms with E-state index in [-0.39, 0.29) is 12.7 Å². The first-order valence-electron chi connectivity index (χ1n) is 5.89. The van der Waals surface area contributed by atoms with Gasteiger partial charge in [0.15, 0.2) is 0 Å². The van der Waals surface area contributed by atoms with Crippen LogP contribution < -0.4 is 5.73 Å². The van der Waals surface area contributed by atoms with Crippen molar-refractivity contribution >= 4 is 0 Å². The minimum Gasteiger partial charge on any atom is -0.377 e. The van der Waals surface area contributed by atoms with E-state index in [2.05, 4.69) is 0 Å². The van der Waals surface area contributed by atoms with E-state index in [1.807, 2.05) is 13.8 Å². The molecular weight excluding hydrogens is 243 g/mol. The molecule has 0 spiro atoms. The zero-order valence-electron chi connectivity index (χ0n) is 10.5. The molecule has 5 heteroatoms. The number of alkyl halides is 3. The summed E-state index contributed by atoms with van der Waals surface area (Å²) in [6.07, 6.45) is -3.44. The lowest BCUT2D eigenvalue weighted by molar-refractivity contribution is -0.137. The van der Waals surface area contributed by atoms with Crippen molar-refractivity contribution in [1.82, 2.24) is 0 Å². The van der Waals surface area contributed by atoms with Crippen LogP contribution in [0, 0.1) is 0 Å². The molecule has 102 valence electrons. The Hall–Kier alpha value is -1.07. The summed E-state index contributed by atoms with van der Waals surface area (Å²) in [6, 6.07) is 4.51. The Balaban J connectivity index is 2.71. The zero-order valence-corrected chi connectivity index (χ0v) is 10.5. The first-order chi connectivity index (χ1) is 8.34. The Morgan fingerprint density at radius 1 is 1.33 bits per heavy atom. The van der Waals surface area contributed by atoms with E-state index in [0.717, 1.165) is 18.6 Å². The highest BCUT2D eigenvalue weighted by molar-refractivity contribution is 5.27. The second-order valence-electron chi connectivity index (χ2n) is 4.28. The largest absolute Gasteiger partial charge is 0.416 e. The van der Waals surface area contributed by atoms with Gasteiger partial charge in [0.1, 0.15) is 0 Å². The average molecular weight is 261 g/mol. The van der Waals surface area contributed by atoms with Gasteiger partial charge in [0.05, 0.1) is 24.3 Å². The lowest BCUT2D eigenvalue weighted by Gasteiger charge is -2.17. The fourth-order valence-corrected chi connectivity index (χ4v) is 1.43. The normalized spacial score (nSPS) is 15.4. The second-order valence-corrected chi connectivity index (χ2v) is 4.28. The summed E-state index contributed by atoms with van der Waals surface area (Å²) < 4.78 is 43.0. The van der Waals surface area contributed by atoms with E-state index in [0.29, 0.717) is 5.56 Å². The molecule has 1 aromatic rings. The van der Waals surface area contributed by atoms with Crippen LogP contribution in [0.15, 0.2) is 24.3 Å². The third kappa shape index (κ3) is 4.31. The molecule has 2 nitrogen and oxygen atoms in total. The SMILES string of the molecule is CCC(C)OCC(N)c1cccc(C(F)(F)F)c1. The van der Waals surface area contributed by atoms with Gasteiger partial charge >= 0.3 is 6.18 Å². The number of halogens is 3. The number of rotatable bonds is 5. The predicted octanol–water partition coefficient (Wildman–Crippen LogP) is 3.52. The molecule has 2 N–H and O–H groups in total. The van der Waals surface area contributed by atoms with Crippen LogP contribution in [0.5, 0.6) is 0 Å². The van der Waals surface area contributed by atoms with Gasteiger partial charge in [-0.15, -0.1) is 0 Å². The fourth-order valence-electron chi connectivity index (χ4n) is 1.43. The van der Waals surface area contributed by atoms with Crippen molar-refractivity contribution in [3.05, 3.63) is 35.4 Å². The number of ether oxygens (including phenoxy) is 1. The van der Waals surface area contributed by atoms with Crippen LogP contribution in [-0.2, 0) is 10.9 Å². The number of nitrogens with two attached hydrogens (primary N) is 1. The quantitative estimate of drug-likeness (QED) is 0.880. The maximum absolute atomic E-state index is 12.5. The Labute approximate surface area is 105 Å². The summed E-state index contributed by atoms with van der Waals surface area (Å²) in [7, 11) is 0. The molecule has 18 heavy (non-hydrogen) atoms. The van der Waals surface area contributed by atoms with Gasteiger partial charge in [-0.2, -0.15) is 13.2 Å². The molecule has 0 aliphatic heterocycles. The number of hydrogen-bond acceptors (Lipinski definition) is 2. The number of hydrogen-bond donors (Lipinski definition) is 1. The van der Waals surface area contributed by atoms with Crippen molar-refractivity contribution in [3.63, 3.8) is 0 Å². The summed E-state index contributed by atoms with van der Waals surface area (Å²) in [4.78, 5) is 0. The van der Waals surface area contributed by atoms with Gasteiger partial charge in [0.2, 0.25) is 0 Å². The Bertz CT molecular complexity index is 379. The Morgan fingerprint density at radius 2 is 2.00 bits per heavy atom. The van der Waals surface area contributed by atoms with Gasteiger partial charge in [-0.3, -0.25) is 0 Å². The van der Waals surface area contributed by atoms with Gasteiger partial charge in [-0.05, 0) is 31.0 Å². The van der Waals surface area contributed by atoms with Crippen molar-refractivity contribution in [2.75, 3.05) is 6.61 Å². The van der Waals surface area contributed by atoms with Gasteiger partial charge in [-0.1, -0.05) is 19.1 Å².